The molecule has 2 heterocycles. The first kappa shape index (κ1) is 36.9. The second kappa shape index (κ2) is 13.0. The second-order valence-corrected chi connectivity index (χ2v) is 24.0. The standard InChI is InChI=1S/C63H45NSi/c1-63(2)56-19-11-9-17-49(56)53-29-23-43-32-45-33-46(26-21-39(45)34-54(43)62(53)63)64-57-20-12-10-18-50(57)55-35-38(25-30-58(55)64)40-22-27-51-52-28-24-44(37-60(52)65(3,4)59(51)36-40)61-47-15-7-5-13-41(47)31-42-14-6-8-16-48(42)61/h5-37H,1-4H3. The zero-order chi connectivity index (χ0) is 43.3. The van der Waals surface area contributed by atoms with Crippen LogP contribution in [0.15, 0.2) is 200 Å². The molecular formula is C63H45NSi. The predicted molar refractivity (Wildman–Crippen MR) is 281 cm³/mol. The Hall–Kier alpha value is -7.52. The Kier molecular flexibility index (Phi) is 7.40. The second-order valence-electron chi connectivity index (χ2n) is 19.7. The fraction of sp³-hybridized carbons (Fsp3) is 0.0794. The minimum Gasteiger partial charge on any atom is -0.309 e. The monoisotopic (exact) mass is 843 g/mol. The SMILES string of the molecule is CC1(C)c2ccccc2-c2ccc3cc4cc(-n5c6ccccc6c6cc(-c7ccc8c(c7)[Si](C)(C)c7cc(-c9c%10ccccc%10cc%10ccccc9%10)ccc7-8)ccc65)ccc4cc3c21. The molecule has 0 amide bonds. The van der Waals surface area contributed by atoms with E-state index in [1.807, 2.05) is 0 Å². The molecule has 1 aliphatic carbocycles. The molecule has 0 N–H and O–H groups in total. The van der Waals surface area contributed by atoms with Gasteiger partial charge in [-0.25, -0.2) is 0 Å². The Morgan fingerprint density at radius 3 is 1.72 bits per heavy atom. The molecule has 0 saturated heterocycles. The van der Waals surface area contributed by atoms with Crippen molar-refractivity contribution in [3.8, 4) is 50.2 Å². The van der Waals surface area contributed by atoms with Crippen LogP contribution in [-0.4, -0.2) is 12.6 Å². The third-order valence-corrected chi connectivity index (χ3v) is 19.0. The third-order valence-electron chi connectivity index (χ3n) is 15.5. The van der Waals surface area contributed by atoms with E-state index in [-0.39, 0.29) is 5.41 Å². The van der Waals surface area contributed by atoms with Crippen molar-refractivity contribution in [3.05, 3.63) is 211 Å². The van der Waals surface area contributed by atoms with E-state index in [2.05, 4.69) is 232 Å². The van der Waals surface area contributed by atoms with Crippen LogP contribution in [0.5, 0.6) is 0 Å². The van der Waals surface area contributed by atoms with Crippen molar-refractivity contribution in [3.63, 3.8) is 0 Å². The number of nitrogens with zero attached hydrogens (tertiary/aromatic N) is 1. The average molecular weight is 844 g/mol. The molecule has 65 heavy (non-hydrogen) atoms. The van der Waals surface area contributed by atoms with Gasteiger partial charge < -0.3 is 4.57 Å². The minimum absolute atomic E-state index is 0.0530. The molecule has 0 unspecified atom stereocenters. The van der Waals surface area contributed by atoms with Gasteiger partial charge in [0.15, 0.2) is 0 Å². The summed E-state index contributed by atoms with van der Waals surface area (Å²) in [6.45, 7) is 9.85. The topological polar surface area (TPSA) is 4.93 Å². The number of aromatic nitrogens is 1. The number of hydrogen-bond acceptors (Lipinski definition) is 0. The fourth-order valence-corrected chi connectivity index (χ4v) is 15.4. The molecule has 306 valence electrons. The van der Waals surface area contributed by atoms with Crippen LogP contribution in [0, 0.1) is 0 Å². The van der Waals surface area contributed by atoms with E-state index in [1.54, 1.807) is 0 Å². The van der Waals surface area contributed by atoms with Crippen LogP contribution in [0.2, 0.25) is 13.1 Å². The molecule has 1 nitrogen and oxygen atoms in total. The summed E-state index contributed by atoms with van der Waals surface area (Å²) in [5, 5.41) is 16.0. The number of hydrogen-bond donors (Lipinski definition) is 0. The van der Waals surface area contributed by atoms with Gasteiger partial charge in [-0.15, -0.1) is 0 Å². The summed E-state index contributed by atoms with van der Waals surface area (Å²) in [5.74, 6) is 0. The minimum atomic E-state index is -2.05. The van der Waals surface area contributed by atoms with Crippen molar-refractivity contribution in [1.29, 1.82) is 0 Å². The first-order chi connectivity index (χ1) is 31.7. The highest BCUT2D eigenvalue weighted by Crippen LogP contribution is 2.52. The average Bonchev–Trinajstić information content (AvgIpc) is 3.88. The maximum atomic E-state index is 2.54. The van der Waals surface area contributed by atoms with E-state index in [0.29, 0.717) is 0 Å². The van der Waals surface area contributed by atoms with Crippen molar-refractivity contribution < 1.29 is 0 Å². The first-order valence-electron chi connectivity index (χ1n) is 23.1. The number of benzene rings is 11. The summed E-state index contributed by atoms with van der Waals surface area (Å²) in [7, 11) is -2.05. The Labute approximate surface area is 379 Å². The van der Waals surface area contributed by atoms with Crippen LogP contribution < -0.4 is 10.4 Å². The van der Waals surface area contributed by atoms with Crippen molar-refractivity contribution in [2.24, 2.45) is 0 Å². The van der Waals surface area contributed by atoms with Crippen LogP contribution in [0.3, 0.4) is 0 Å². The highest BCUT2D eigenvalue weighted by molar-refractivity contribution is 7.04. The van der Waals surface area contributed by atoms with Crippen molar-refractivity contribution in [1.82, 2.24) is 4.57 Å². The highest BCUT2D eigenvalue weighted by atomic mass is 28.3. The van der Waals surface area contributed by atoms with Crippen LogP contribution >= 0.6 is 0 Å². The molecule has 2 heteroatoms. The van der Waals surface area contributed by atoms with Gasteiger partial charge in [0.1, 0.15) is 8.07 Å². The van der Waals surface area contributed by atoms with Crippen molar-refractivity contribution in [2.45, 2.75) is 32.4 Å². The van der Waals surface area contributed by atoms with Gasteiger partial charge in [-0.3, -0.25) is 0 Å². The summed E-state index contributed by atoms with van der Waals surface area (Å²) in [4.78, 5) is 0. The zero-order valence-electron chi connectivity index (χ0n) is 37.0. The summed E-state index contributed by atoms with van der Waals surface area (Å²) < 4.78 is 2.46. The van der Waals surface area contributed by atoms with Crippen LogP contribution in [0.25, 0.3) is 115 Å². The van der Waals surface area contributed by atoms with E-state index >= 15 is 0 Å². The van der Waals surface area contributed by atoms with E-state index in [1.165, 1.54) is 137 Å². The van der Waals surface area contributed by atoms with E-state index in [0.717, 1.165) is 0 Å². The Morgan fingerprint density at radius 2 is 0.938 bits per heavy atom. The molecule has 0 spiro atoms. The third kappa shape index (κ3) is 5.09. The summed E-state index contributed by atoms with van der Waals surface area (Å²) in [6, 6.07) is 76.2. The molecule has 0 saturated carbocycles. The largest absolute Gasteiger partial charge is 0.309 e. The van der Waals surface area contributed by atoms with Gasteiger partial charge in [0, 0.05) is 21.9 Å². The first-order valence-corrected chi connectivity index (χ1v) is 26.1. The fourth-order valence-electron chi connectivity index (χ4n) is 12.3. The number of rotatable bonds is 3. The van der Waals surface area contributed by atoms with E-state index < -0.39 is 8.07 Å². The number of para-hydroxylation sites is 1. The molecule has 0 atom stereocenters. The summed E-state index contributed by atoms with van der Waals surface area (Å²) in [5.41, 5.74) is 17.2. The van der Waals surface area contributed by atoms with Gasteiger partial charge in [-0.05, 0) is 158 Å². The molecule has 0 fully saturated rings. The molecule has 1 aliphatic heterocycles. The molecule has 1 aromatic heterocycles. The lowest BCUT2D eigenvalue weighted by Crippen LogP contribution is -2.49. The molecule has 14 rings (SSSR count). The molecule has 0 bridgehead atoms. The van der Waals surface area contributed by atoms with Crippen LogP contribution in [-0.2, 0) is 5.41 Å². The van der Waals surface area contributed by atoms with Gasteiger partial charge in [-0.2, -0.15) is 0 Å². The maximum Gasteiger partial charge on any atom is 0.113 e. The molecule has 2 aliphatic rings. The van der Waals surface area contributed by atoms with Crippen molar-refractivity contribution >= 4 is 83.3 Å². The molecule has 12 aromatic rings. The zero-order valence-corrected chi connectivity index (χ0v) is 38.0. The van der Waals surface area contributed by atoms with Gasteiger partial charge in [-0.1, -0.05) is 179 Å². The summed E-state index contributed by atoms with van der Waals surface area (Å²) in [6.07, 6.45) is 0. The van der Waals surface area contributed by atoms with Gasteiger partial charge >= 0.3 is 0 Å². The lowest BCUT2D eigenvalue weighted by Gasteiger charge is -2.23. The van der Waals surface area contributed by atoms with E-state index in [9.17, 15) is 0 Å². The van der Waals surface area contributed by atoms with Crippen LogP contribution in [0.4, 0.5) is 0 Å². The summed E-state index contributed by atoms with van der Waals surface area (Å²) >= 11 is 0. The predicted octanol–water partition coefficient (Wildman–Crippen LogP) is 15.8. The normalized spacial score (nSPS) is 14.4. The van der Waals surface area contributed by atoms with E-state index in [4.69, 9.17) is 0 Å². The lowest BCUT2D eigenvalue weighted by molar-refractivity contribution is 0.666. The Balaban J connectivity index is 0.858. The maximum absolute atomic E-state index is 2.54. The van der Waals surface area contributed by atoms with Gasteiger partial charge in [0.2, 0.25) is 0 Å². The van der Waals surface area contributed by atoms with Gasteiger partial charge in [0.05, 0.1) is 11.0 Å². The molecule has 0 radical (unpaired) electrons. The lowest BCUT2D eigenvalue weighted by atomic mass is 9.80. The van der Waals surface area contributed by atoms with Crippen LogP contribution in [0.1, 0.15) is 25.0 Å². The Bertz CT molecular complexity index is 4010. The molecular weight excluding hydrogens is 799 g/mol. The highest BCUT2D eigenvalue weighted by Gasteiger charge is 2.39. The van der Waals surface area contributed by atoms with Gasteiger partial charge in [0.25, 0.3) is 0 Å². The quantitative estimate of drug-likeness (QED) is 0.123. The van der Waals surface area contributed by atoms with Crippen molar-refractivity contribution in [2.75, 3.05) is 0 Å². The Morgan fingerprint density at radius 1 is 0.369 bits per heavy atom. The number of fused-ring (bicyclic) bond motifs is 14. The molecule has 11 aromatic carbocycles. The smallest absolute Gasteiger partial charge is 0.113 e.